The Balaban J connectivity index is 2.10. The fourth-order valence-corrected chi connectivity index (χ4v) is 1.82. The van der Waals surface area contributed by atoms with Gasteiger partial charge in [0.15, 0.2) is 5.60 Å². The molecule has 0 aliphatic heterocycles. The predicted molar refractivity (Wildman–Crippen MR) is 78.9 cm³/mol. The van der Waals surface area contributed by atoms with Crippen LogP contribution in [0.2, 0.25) is 0 Å². The minimum Gasteiger partial charge on any atom is -0.479 e. The van der Waals surface area contributed by atoms with Gasteiger partial charge in [-0.15, -0.1) is 0 Å². The van der Waals surface area contributed by atoms with Crippen LogP contribution in [-0.2, 0) is 4.79 Å². The molecule has 0 bridgehead atoms. The number of carboxylic acids is 1. The number of para-hydroxylation sites is 1. The molecule has 0 spiro atoms. The molecule has 7 nitrogen and oxygen atoms in total. The number of hydrogen-bond acceptors (Lipinski definition) is 4. The lowest BCUT2D eigenvalue weighted by Crippen LogP contribution is -2.46. The smallest absolute Gasteiger partial charge is 0.337 e. The summed E-state index contributed by atoms with van der Waals surface area (Å²) in [7, 11) is 0. The van der Waals surface area contributed by atoms with Gasteiger partial charge < -0.3 is 15.5 Å². The maximum Gasteiger partial charge on any atom is 0.337 e. The molecule has 1 amide bonds. The lowest BCUT2D eigenvalue weighted by molar-refractivity contribution is -0.155. The van der Waals surface area contributed by atoms with Gasteiger partial charge >= 0.3 is 5.97 Å². The first kappa shape index (κ1) is 15.7. The van der Waals surface area contributed by atoms with E-state index in [-0.39, 0.29) is 5.56 Å². The molecule has 2 rings (SSSR count). The third-order valence-corrected chi connectivity index (χ3v) is 3.26. The van der Waals surface area contributed by atoms with E-state index in [0.717, 1.165) is 18.2 Å². The van der Waals surface area contributed by atoms with Crippen molar-refractivity contribution in [2.24, 2.45) is 0 Å². The Labute approximate surface area is 127 Å². The highest BCUT2D eigenvalue weighted by Gasteiger charge is 2.30. The summed E-state index contributed by atoms with van der Waals surface area (Å²) >= 11 is 0. The quantitative estimate of drug-likeness (QED) is 0.756. The van der Waals surface area contributed by atoms with Gasteiger partial charge in [-0.2, -0.15) is 5.10 Å². The first-order valence-electron chi connectivity index (χ1n) is 6.66. The van der Waals surface area contributed by atoms with Gasteiger partial charge in [0.25, 0.3) is 5.91 Å². The number of benzene rings is 1. The van der Waals surface area contributed by atoms with E-state index in [0.29, 0.717) is 0 Å². The molecular weight excluding hydrogens is 286 g/mol. The van der Waals surface area contributed by atoms with Crippen LogP contribution in [0.5, 0.6) is 0 Å². The summed E-state index contributed by atoms with van der Waals surface area (Å²) in [6, 6.07) is 7.58. The van der Waals surface area contributed by atoms with Crippen molar-refractivity contribution in [3.8, 4) is 5.69 Å². The Morgan fingerprint density at radius 3 is 2.68 bits per heavy atom. The highest BCUT2D eigenvalue weighted by Crippen LogP contribution is 2.13. The molecule has 116 valence electrons. The predicted octanol–water partition coefficient (Wildman–Crippen LogP) is 0.746. The molecule has 0 fully saturated rings. The lowest BCUT2D eigenvalue weighted by Gasteiger charge is -2.17. The monoisotopic (exact) mass is 303 g/mol. The summed E-state index contributed by atoms with van der Waals surface area (Å²) < 4.78 is 1.57. The van der Waals surface area contributed by atoms with Crippen LogP contribution in [0.25, 0.3) is 5.69 Å². The average Bonchev–Trinajstić information content (AvgIpc) is 2.95. The Kier molecular flexibility index (Phi) is 4.27. The maximum absolute atomic E-state index is 12.0. The van der Waals surface area contributed by atoms with Crippen molar-refractivity contribution >= 4 is 11.9 Å². The normalized spacial score (nSPS) is 13.4. The first-order chi connectivity index (χ1) is 10.3. The summed E-state index contributed by atoms with van der Waals surface area (Å²) in [5.74, 6) is -1.90. The number of amides is 1. The van der Waals surface area contributed by atoms with Crippen LogP contribution >= 0.6 is 0 Å². The van der Waals surface area contributed by atoms with Crippen molar-refractivity contribution in [1.29, 1.82) is 0 Å². The highest BCUT2D eigenvalue weighted by atomic mass is 16.4. The molecule has 0 radical (unpaired) electrons. The fraction of sp³-hybridized carbons (Fsp3) is 0.267. The average molecular weight is 303 g/mol. The SMILES string of the molecule is Cc1ccccc1-n1cc(C(=O)NCC(C)(O)C(=O)O)cn1. The molecule has 1 aromatic carbocycles. The van der Waals surface area contributed by atoms with Gasteiger partial charge in [0.05, 0.1) is 24.0 Å². The third-order valence-electron chi connectivity index (χ3n) is 3.26. The first-order valence-corrected chi connectivity index (χ1v) is 6.66. The number of rotatable bonds is 5. The molecule has 7 heteroatoms. The maximum atomic E-state index is 12.0. The summed E-state index contributed by atoms with van der Waals surface area (Å²) in [5.41, 5.74) is 0.122. The number of hydrogen-bond donors (Lipinski definition) is 3. The molecule has 1 atom stereocenters. The Morgan fingerprint density at radius 1 is 1.36 bits per heavy atom. The number of aliphatic carboxylic acids is 1. The van der Waals surface area contributed by atoms with Crippen molar-refractivity contribution in [1.82, 2.24) is 15.1 Å². The molecule has 0 aliphatic carbocycles. The molecule has 3 N–H and O–H groups in total. The summed E-state index contributed by atoms with van der Waals surface area (Å²) in [4.78, 5) is 22.8. The standard InChI is InChI=1S/C15H17N3O4/c1-10-5-3-4-6-12(10)18-8-11(7-17-18)13(19)16-9-15(2,22)14(20)21/h3-8,22H,9H2,1-2H3,(H,16,19)(H,20,21). The largest absolute Gasteiger partial charge is 0.479 e. The molecule has 1 aromatic heterocycles. The van der Waals surface area contributed by atoms with E-state index < -0.39 is 24.0 Å². The van der Waals surface area contributed by atoms with E-state index in [1.54, 1.807) is 10.9 Å². The molecule has 0 saturated carbocycles. The van der Waals surface area contributed by atoms with Crippen LogP contribution < -0.4 is 5.32 Å². The molecule has 22 heavy (non-hydrogen) atoms. The van der Waals surface area contributed by atoms with Gasteiger partial charge in [0.1, 0.15) is 0 Å². The molecule has 0 aliphatic rings. The minimum atomic E-state index is -2.01. The number of aliphatic hydroxyl groups is 1. The molecule has 0 saturated heterocycles. The van der Waals surface area contributed by atoms with E-state index in [9.17, 15) is 14.7 Å². The lowest BCUT2D eigenvalue weighted by atomic mass is 10.1. The zero-order valence-corrected chi connectivity index (χ0v) is 12.3. The topological polar surface area (TPSA) is 104 Å². The third kappa shape index (κ3) is 3.32. The van der Waals surface area contributed by atoms with Crippen molar-refractivity contribution in [2.45, 2.75) is 19.4 Å². The highest BCUT2D eigenvalue weighted by molar-refractivity contribution is 5.94. The fourth-order valence-electron chi connectivity index (χ4n) is 1.82. The Bertz CT molecular complexity index is 706. The van der Waals surface area contributed by atoms with Gasteiger partial charge in [-0.25, -0.2) is 9.48 Å². The number of nitrogens with zero attached hydrogens (tertiary/aromatic N) is 2. The molecule has 1 unspecified atom stereocenters. The number of carboxylic acid groups (broad SMARTS) is 1. The minimum absolute atomic E-state index is 0.282. The van der Waals surface area contributed by atoms with Crippen LogP contribution in [0.4, 0.5) is 0 Å². The van der Waals surface area contributed by atoms with Crippen molar-refractivity contribution < 1.29 is 19.8 Å². The van der Waals surface area contributed by atoms with Gasteiger partial charge in [-0.3, -0.25) is 4.79 Å². The second kappa shape index (κ2) is 5.98. The van der Waals surface area contributed by atoms with Crippen LogP contribution in [0.15, 0.2) is 36.7 Å². The number of aromatic nitrogens is 2. The van der Waals surface area contributed by atoms with Gasteiger partial charge in [0.2, 0.25) is 0 Å². The Hall–Kier alpha value is -2.67. The second-order valence-corrected chi connectivity index (χ2v) is 5.22. The van der Waals surface area contributed by atoms with E-state index in [1.165, 1.54) is 6.20 Å². The number of nitrogens with one attached hydrogen (secondary N) is 1. The number of aryl methyl sites for hydroxylation is 1. The molecular formula is C15H17N3O4. The van der Waals surface area contributed by atoms with Crippen LogP contribution in [0.3, 0.4) is 0 Å². The van der Waals surface area contributed by atoms with Gasteiger partial charge in [-0.1, -0.05) is 18.2 Å². The van der Waals surface area contributed by atoms with E-state index >= 15 is 0 Å². The van der Waals surface area contributed by atoms with Crippen molar-refractivity contribution in [2.75, 3.05) is 6.54 Å². The van der Waals surface area contributed by atoms with Crippen LogP contribution in [0, 0.1) is 6.92 Å². The van der Waals surface area contributed by atoms with E-state index in [1.807, 2.05) is 31.2 Å². The van der Waals surface area contributed by atoms with E-state index in [2.05, 4.69) is 10.4 Å². The molecule has 2 aromatic rings. The van der Waals surface area contributed by atoms with Crippen LogP contribution in [0.1, 0.15) is 22.8 Å². The number of carbonyl (C=O) groups excluding carboxylic acids is 1. The Morgan fingerprint density at radius 2 is 2.05 bits per heavy atom. The zero-order valence-electron chi connectivity index (χ0n) is 12.3. The van der Waals surface area contributed by atoms with Gasteiger partial charge in [-0.05, 0) is 25.5 Å². The van der Waals surface area contributed by atoms with Crippen LogP contribution in [-0.4, -0.2) is 44.0 Å². The summed E-state index contributed by atoms with van der Waals surface area (Å²) in [5, 5.41) is 24.9. The zero-order chi connectivity index (χ0) is 16.3. The van der Waals surface area contributed by atoms with E-state index in [4.69, 9.17) is 5.11 Å². The van der Waals surface area contributed by atoms with Gasteiger partial charge in [0, 0.05) is 6.20 Å². The molecule has 1 heterocycles. The van der Waals surface area contributed by atoms with Crippen molar-refractivity contribution in [3.05, 3.63) is 47.8 Å². The second-order valence-electron chi connectivity index (χ2n) is 5.22. The number of carbonyl (C=O) groups is 2. The summed E-state index contributed by atoms with van der Waals surface area (Å²) in [6.45, 7) is 2.66. The summed E-state index contributed by atoms with van der Waals surface area (Å²) in [6.07, 6.45) is 2.93. The van der Waals surface area contributed by atoms with Crippen molar-refractivity contribution in [3.63, 3.8) is 0 Å².